The number of para-hydroxylation sites is 2. The maximum absolute atomic E-state index is 16.5. The Hall–Kier alpha value is -7.67. The second-order valence-corrected chi connectivity index (χ2v) is 17.3. The van der Waals surface area contributed by atoms with Crippen molar-refractivity contribution in [3.05, 3.63) is 252 Å². The molecule has 3 aliphatic rings. The molecule has 8 aromatic rings. The second kappa shape index (κ2) is 15.3. The van der Waals surface area contributed by atoms with Gasteiger partial charge in [-0.15, -0.1) is 0 Å². The zero-order chi connectivity index (χ0) is 43.5. The zero-order valence-corrected chi connectivity index (χ0v) is 35.0. The smallest absolute Gasteiger partial charge is 0.242 e. The van der Waals surface area contributed by atoms with E-state index in [-0.39, 0.29) is 31.2 Å². The van der Waals surface area contributed by atoms with E-state index in [1.807, 2.05) is 206 Å². The number of rotatable bonds is 9. The molecule has 0 bridgehead atoms. The van der Waals surface area contributed by atoms with Gasteiger partial charge in [-0.2, -0.15) is 0 Å². The number of benzene rings is 8. The minimum Gasteiger partial charge on any atom is -0.384 e. The van der Waals surface area contributed by atoms with E-state index in [0.29, 0.717) is 33.6 Å². The summed E-state index contributed by atoms with van der Waals surface area (Å²) in [4.78, 5) is 52.5. The number of ketones is 1. The van der Waals surface area contributed by atoms with Crippen molar-refractivity contribution >= 4 is 29.0 Å². The highest BCUT2D eigenvalue weighted by atomic mass is 16.3. The number of aliphatic hydroxyl groups is 1. The van der Waals surface area contributed by atoms with Gasteiger partial charge in [0.2, 0.25) is 11.8 Å². The molecule has 11 rings (SSSR count). The lowest BCUT2D eigenvalue weighted by atomic mass is 9.58. The molecule has 0 radical (unpaired) electrons. The highest BCUT2D eigenvalue weighted by Crippen LogP contribution is 2.72. The van der Waals surface area contributed by atoms with E-state index < -0.39 is 28.3 Å². The number of hydrogen-bond donors (Lipinski definition) is 1. The van der Waals surface area contributed by atoms with Gasteiger partial charge in [0.1, 0.15) is 11.0 Å². The van der Waals surface area contributed by atoms with Crippen LogP contribution >= 0.6 is 0 Å². The van der Waals surface area contributed by atoms with E-state index >= 15 is 14.4 Å². The predicted molar refractivity (Wildman–Crippen MR) is 252 cm³/mol. The Bertz CT molecular complexity index is 3050. The summed E-state index contributed by atoms with van der Waals surface area (Å²) in [5, 5.41) is 14.4. The minimum atomic E-state index is -2.07. The number of hydrogen-bond acceptors (Lipinski definition) is 4. The molecular weight excluding hydrogens is 789 g/mol. The molecule has 1 saturated carbocycles. The molecule has 8 aromatic carbocycles. The second-order valence-electron chi connectivity index (χ2n) is 17.3. The number of carbonyl (C=O) groups is 3. The third-order valence-corrected chi connectivity index (χ3v) is 14.0. The van der Waals surface area contributed by atoms with Crippen LogP contribution in [0, 0.1) is 5.92 Å². The van der Waals surface area contributed by atoms with Gasteiger partial charge >= 0.3 is 0 Å². The summed E-state index contributed by atoms with van der Waals surface area (Å²) in [6.45, 7) is 0.443. The van der Waals surface area contributed by atoms with Crippen LogP contribution < -0.4 is 9.80 Å². The van der Waals surface area contributed by atoms with Crippen LogP contribution in [-0.2, 0) is 39.1 Å². The van der Waals surface area contributed by atoms with E-state index in [1.165, 1.54) is 0 Å². The van der Waals surface area contributed by atoms with E-state index in [0.717, 1.165) is 33.4 Å². The van der Waals surface area contributed by atoms with E-state index in [4.69, 9.17) is 0 Å². The Morgan fingerprint density at radius 1 is 0.469 bits per heavy atom. The molecule has 4 atom stereocenters. The number of nitrogens with zero attached hydrogens (tertiary/aromatic N) is 2. The number of Topliss-reactive ketones (excluding diaryl/α,β-unsaturated/α-hetero) is 1. The maximum atomic E-state index is 16.5. The first-order chi connectivity index (χ1) is 31.3. The molecule has 2 heterocycles. The van der Waals surface area contributed by atoms with Gasteiger partial charge in [-0.3, -0.25) is 14.4 Å². The fraction of sp³-hybridized carbons (Fsp3) is 0.121. The van der Waals surface area contributed by atoms with Gasteiger partial charge in [-0.1, -0.05) is 206 Å². The third kappa shape index (κ3) is 5.79. The molecule has 6 heteroatoms. The first-order valence-electron chi connectivity index (χ1n) is 21.8. The van der Waals surface area contributed by atoms with Crippen molar-refractivity contribution < 1.29 is 19.5 Å². The first kappa shape index (κ1) is 39.2. The molecule has 64 heavy (non-hydrogen) atoms. The normalized spacial score (nSPS) is 22.0. The first-order valence-corrected chi connectivity index (χ1v) is 21.8. The topological polar surface area (TPSA) is 77.9 Å². The van der Waals surface area contributed by atoms with Gasteiger partial charge in [0.15, 0.2) is 5.78 Å². The van der Waals surface area contributed by atoms with Crippen LogP contribution in [0.3, 0.4) is 0 Å². The van der Waals surface area contributed by atoms with Gasteiger partial charge in [-0.25, -0.2) is 0 Å². The molecule has 0 saturated heterocycles. The molecule has 2 amide bonds. The molecule has 2 spiro atoms. The summed E-state index contributed by atoms with van der Waals surface area (Å²) < 4.78 is 0. The van der Waals surface area contributed by atoms with Gasteiger partial charge in [0.25, 0.3) is 0 Å². The fourth-order valence-corrected chi connectivity index (χ4v) is 11.2. The molecular formula is C58H44N2O4. The lowest BCUT2D eigenvalue weighted by Crippen LogP contribution is -2.59. The van der Waals surface area contributed by atoms with Crippen molar-refractivity contribution in [3.8, 4) is 22.3 Å². The van der Waals surface area contributed by atoms with Crippen LogP contribution in [0.5, 0.6) is 0 Å². The molecule has 6 nitrogen and oxygen atoms in total. The number of anilines is 2. The third-order valence-electron chi connectivity index (χ3n) is 14.0. The summed E-state index contributed by atoms with van der Waals surface area (Å²) in [7, 11) is 0. The van der Waals surface area contributed by atoms with Crippen molar-refractivity contribution in [2.75, 3.05) is 9.80 Å². The highest BCUT2D eigenvalue weighted by molar-refractivity contribution is 6.20. The summed E-state index contributed by atoms with van der Waals surface area (Å²) in [6.07, 6.45) is -0.219. The lowest BCUT2D eigenvalue weighted by molar-refractivity contribution is -0.135. The molecule has 1 N–H and O–H groups in total. The standard InChI is InChI=1S/C58H44N2O4/c61-52(46-31-29-44(30-32-46)42-21-9-3-10-22-42)53-56(48-25-13-15-27-50(48)59(54(56)62)37-40-17-5-1-6-18-40)39-57(64,47-35-33-45(34-36-47)43-23-11-4-12-24-43)58(53)49-26-14-16-28-51(49)60(55(58)63)38-41-19-7-2-8-20-41/h1-36,53,64H,37-39H2/t53-,56-,57+,58+/m1/s1. The monoisotopic (exact) mass is 832 g/mol. The number of carbonyl (C=O) groups excluding carboxylic acids is 3. The molecule has 1 aliphatic carbocycles. The highest BCUT2D eigenvalue weighted by Gasteiger charge is 2.82. The molecule has 310 valence electrons. The van der Waals surface area contributed by atoms with E-state index in [9.17, 15) is 5.11 Å². The molecule has 2 aliphatic heterocycles. The van der Waals surface area contributed by atoms with Crippen LogP contribution in [0.4, 0.5) is 11.4 Å². The van der Waals surface area contributed by atoms with Crippen molar-refractivity contribution in [1.29, 1.82) is 0 Å². The largest absolute Gasteiger partial charge is 0.384 e. The maximum Gasteiger partial charge on any atom is 0.242 e. The fourth-order valence-electron chi connectivity index (χ4n) is 11.2. The van der Waals surface area contributed by atoms with E-state index in [2.05, 4.69) is 0 Å². The minimum absolute atomic E-state index is 0.200. The van der Waals surface area contributed by atoms with Crippen LogP contribution in [0.1, 0.15) is 44.6 Å². The Labute approximate surface area is 372 Å². The Morgan fingerprint density at radius 3 is 1.41 bits per heavy atom. The molecule has 0 aromatic heterocycles. The van der Waals surface area contributed by atoms with Gasteiger partial charge < -0.3 is 14.9 Å². The number of amides is 2. The van der Waals surface area contributed by atoms with Crippen LogP contribution in [0.15, 0.2) is 218 Å². The SMILES string of the molecule is O=C(c1ccc(-c2ccccc2)cc1)[C@H]1[C@@]2(C(=O)N(Cc3ccccc3)c3ccccc32)[C@@](O)(c2ccc(-c3ccccc3)cc2)C[C@]12C(=O)N(Cc1ccccc1)c1ccccc12. The average molecular weight is 833 g/mol. The predicted octanol–water partition coefficient (Wildman–Crippen LogP) is 11.1. The average Bonchev–Trinajstić information content (AvgIpc) is 3.86. The van der Waals surface area contributed by atoms with Crippen molar-refractivity contribution in [3.63, 3.8) is 0 Å². The zero-order valence-electron chi connectivity index (χ0n) is 35.0. The van der Waals surface area contributed by atoms with Crippen molar-refractivity contribution in [2.24, 2.45) is 5.92 Å². The quantitative estimate of drug-likeness (QED) is 0.147. The van der Waals surface area contributed by atoms with Crippen LogP contribution in [-0.4, -0.2) is 22.7 Å². The van der Waals surface area contributed by atoms with Gasteiger partial charge in [0, 0.05) is 23.4 Å². The lowest BCUT2D eigenvalue weighted by Gasteiger charge is -2.42. The summed E-state index contributed by atoms with van der Waals surface area (Å²) in [6, 6.07) is 69.8. The summed E-state index contributed by atoms with van der Waals surface area (Å²) >= 11 is 0. The summed E-state index contributed by atoms with van der Waals surface area (Å²) in [5.74, 6) is -2.51. The Balaban J connectivity index is 1.19. The Kier molecular flexibility index (Phi) is 9.37. The molecule has 0 unspecified atom stereocenters. The Morgan fingerprint density at radius 2 is 0.875 bits per heavy atom. The van der Waals surface area contributed by atoms with Crippen molar-refractivity contribution in [1.82, 2.24) is 0 Å². The van der Waals surface area contributed by atoms with Gasteiger partial charge in [0.05, 0.1) is 24.4 Å². The number of fused-ring (bicyclic) bond motifs is 4. The molecule has 1 fully saturated rings. The van der Waals surface area contributed by atoms with Crippen molar-refractivity contribution in [2.45, 2.75) is 35.9 Å². The summed E-state index contributed by atoms with van der Waals surface area (Å²) in [5.41, 5.74) is 3.15. The van der Waals surface area contributed by atoms with Crippen LogP contribution in [0.25, 0.3) is 22.3 Å². The van der Waals surface area contributed by atoms with Gasteiger partial charge in [-0.05, 0) is 62.2 Å². The van der Waals surface area contributed by atoms with E-state index in [1.54, 1.807) is 21.9 Å². The van der Waals surface area contributed by atoms with Crippen LogP contribution in [0.2, 0.25) is 0 Å².